The van der Waals surface area contributed by atoms with Gasteiger partial charge in [0.05, 0.1) is 31.0 Å². The number of nitrogens with one attached hydrogen (secondary N) is 1. The molecule has 2 aromatic rings. The quantitative estimate of drug-likeness (QED) is 0.848. The molecule has 0 radical (unpaired) electrons. The molecule has 1 fully saturated rings. The first kappa shape index (κ1) is 13.7. The number of hydrogen-bond acceptors (Lipinski definition) is 6. The molecule has 7 nitrogen and oxygen atoms in total. The maximum absolute atomic E-state index is 11.6. The van der Waals surface area contributed by atoms with E-state index in [1.165, 1.54) is 23.2 Å². The van der Waals surface area contributed by atoms with Crippen molar-refractivity contribution in [3.8, 4) is 0 Å². The summed E-state index contributed by atoms with van der Waals surface area (Å²) in [5.41, 5.74) is 0.663. The second-order valence-corrected chi connectivity index (χ2v) is 5.00. The van der Waals surface area contributed by atoms with Crippen molar-refractivity contribution in [3.63, 3.8) is 0 Å². The van der Waals surface area contributed by atoms with Crippen LogP contribution in [0.15, 0.2) is 35.8 Å². The van der Waals surface area contributed by atoms with Gasteiger partial charge in [-0.15, -0.1) is 0 Å². The van der Waals surface area contributed by atoms with Gasteiger partial charge >= 0.3 is 0 Å². The summed E-state index contributed by atoms with van der Waals surface area (Å²) < 4.78 is 1.51. The average Bonchev–Trinajstić information content (AvgIpc) is 2.80. The van der Waals surface area contributed by atoms with Gasteiger partial charge in [-0.25, -0.2) is 9.97 Å². The Bertz CT molecular complexity index is 630. The molecule has 1 N–H and O–H groups in total. The Balaban J connectivity index is 1.72. The van der Waals surface area contributed by atoms with Gasteiger partial charge in [0.2, 0.25) is 0 Å². The fourth-order valence-corrected chi connectivity index (χ4v) is 2.34. The lowest BCUT2D eigenvalue weighted by atomic mass is 10.4. The van der Waals surface area contributed by atoms with Gasteiger partial charge in [0.1, 0.15) is 5.82 Å². The lowest BCUT2D eigenvalue weighted by Gasteiger charge is -2.20. The Hall–Kier alpha value is -2.28. The highest BCUT2D eigenvalue weighted by atomic mass is 16.1. The van der Waals surface area contributed by atoms with E-state index < -0.39 is 0 Å². The average molecular weight is 286 g/mol. The molecule has 0 bridgehead atoms. The normalized spacial score (nSPS) is 15.7. The summed E-state index contributed by atoms with van der Waals surface area (Å²) in [7, 11) is 0. The Labute approximate surface area is 122 Å². The first-order chi connectivity index (χ1) is 10.3. The van der Waals surface area contributed by atoms with Crippen molar-refractivity contribution < 1.29 is 0 Å². The Morgan fingerprint density at radius 3 is 2.95 bits per heavy atom. The largest absolute Gasteiger partial charge is 0.354 e. The second-order valence-electron chi connectivity index (χ2n) is 5.00. The van der Waals surface area contributed by atoms with Crippen molar-refractivity contribution in [3.05, 3.63) is 47.0 Å². The topological polar surface area (TPSA) is 75.9 Å². The molecule has 1 aliphatic heterocycles. The minimum absolute atomic E-state index is 0.0885. The predicted octanol–water partition coefficient (Wildman–Crippen LogP) is -0.119. The van der Waals surface area contributed by atoms with E-state index in [-0.39, 0.29) is 5.56 Å². The zero-order valence-corrected chi connectivity index (χ0v) is 11.8. The van der Waals surface area contributed by atoms with Crippen LogP contribution >= 0.6 is 0 Å². The van der Waals surface area contributed by atoms with E-state index >= 15 is 0 Å². The van der Waals surface area contributed by atoms with Crippen LogP contribution in [0.5, 0.6) is 0 Å². The van der Waals surface area contributed by atoms with E-state index in [2.05, 4.69) is 25.2 Å². The van der Waals surface area contributed by atoms with Crippen molar-refractivity contribution in [2.45, 2.75) is 13.0 Å². The van der Waals surface area contributed by atoms with Crippen LogP contribution in [0.25, 0.3) is 0 Å². The Morgan fingerprint density at radius 2 is 2.14 bits per heavy atom. The molecule has 110 valence electrons. The summed E-state index contributed by atoms with van der Waals surface area (Å²) in [6, 6.07) is 1.44. The summed E-state index contributed by atoms with van der Waals surface area (Å²) in [6.07, 6.45) is 7.61. The molecule has 0 aromatic carbocycles. The van der Waals surface area contributed by atoms with E-state index in [9.17, 15) is 4.79 Å². The van der Waals surface area contributed by atoms with Crippen LogP contribution in [0.2, 0.25) is 0 Å². The van der Waals surface area contributed by atoms with Gasteiger partial charge in [0, 0.05) is 31.9 Å². The smallest absolute Gasteiger partial charge is 0.253 e. The van der Waals surface area contributed by atoms with Crippen LogP contribution in [-0.2, 0) is 6.54 Å². The summed E-state index contributed by atoms with van der Waals surface area (Å²) in [4.78, 5) is 26.7. The minimum atomic E-state index is -0.0885. The van der Waals surface area contributed by atoms with Crippen LogP contribution in [0.1, 0.15) is 12.1 Å². The van der Waals surface area contributed by atoms with E-state index in [4.69, 9.17) is 0 Å². The van der Waals surface area contributed by atoms with Crippen molar-refractivity contribution in [2.24, 2.45) is 0 Å². The number of nitrogens with zero attached hydrogens (tertiary/aromatic N) is 5. The van der Waals surface area contributed by atoms with Gasteiger partial charge in [0.15, 0.2) is 0 Å². The Kier molecular flexibility index (Phi) is 4.20. The molecule has 21 heavy (non-hydrogen) atoms. The molecule has 7 heteroatoms. The van der Waals surface area contributed by atoms with E-state index in [1.807, 2.05) is 0 Å². The summed E-state index contributed by atoms with van der Waals surface area (Å²) >= 11 is 0. The standard InChI is InChI=1S/C14H18N6O/c21-14-2-4-16-11-20(14)10-12-8-18-13(9-17-12)19-6-1-3-15-5-7-19/h2,4,8-9,11,15H,1,3,5-7,10H2. The molecule has 3 heterocycles. The molecule has 1 aliphatic rings. The number of rotatable bonds is 3. The predicted molar refractivity (Wildman–Crippen MR) is 79.3 cm³/mol. The number of anilines is 1. The molecule has 1 saturated heterocycles. The minimum Gasteiger partial charge on any atom is -0.354 e. The van der Waals surface area contributed by atoms with E-state index in [0.29, 0.717) is 6.54 Å². The van der Waals surface area contributed by atoms with Gasteiger partial charge in [-0.2, -0.15) is 0 Å². The maximum atomic E-state index is 11.6. The lowest BCUT2D eigenvalue weighted by Crippen LogP contribution is -2.28. The summed E-state index contributed by atoms with van der Waals surface area (Å²) in [5, 5.41) is 3.36. The van der Waals surface area contributed by atoms with Gasteiger partial charge < -0.3 is 10.2 Å². The fraction of sp³-hybridized carbons (Fsp3) is 0.429. The SMILES string of the molecule is O=c1ccncn1Cc1cnc(N2CCCNCC2)cn1. The van der Waals surface area contributed by atoms with Gasteiger partial charge in [-0.05, 0) is 13.0 Å². The van der Waals surface area contributed by atoms with Crippen molar-refractivity contribution in [1.82, 2.24) is 24.8 Å². The molecule has 0 saturated carbocycles. The fourth-order valence-electron chi connectivity index (χ4n) is 2.34. The molecule has 0 atom stereocenters. The van der Waals surface area contributed by atoms with Crippen LogP contribution < -0.4 is 15.8 Å². The first-order valence-corrected chi connectivity index (χ1v) is 7.10. The molecule has 0 unspecified atom stereocenters. The Morgan fingerprint density at radius 1 is 1.19 bits per heavy atom. The first-order valence-electron chi connectivity index (χ1n) is 7.10. The van der Waals surface area contributed by atoms with Gasteiger partial charge in [0.25, 0.3) is 5.56 Å². The van der Waals surface area contributed by atoms with Gasteiger partial charge in [-0.3, -0.25) is 14.3 Å². The molecular weight excluding hydrogens is 268 g/mol. The molecule has 2 aromatic heterocycles. The van der Waals surface area contributed by atoms with E-state index in [1.54, 1.807) is 12.4 Å². The molecule has 0 aliphatic carbocycles. The third-order valence-corrected chi connectivity index (χ3v) is 3.48. The van der Waals surface area contributed by atoms with Crippen molar-refractivity contribution in [1.29, 1.82) is 0 Å². The zero-order chi connectivity index (χ0) is 14.5. The highest BCUT2D eigenvalue weighted by Crippen LogP contribution is 2.10. The van der Waals surface area contributed by atoms with E-state index in [0.717, 1.165) is 44.1 Å². The van der Waals surface area contributed by atoms with Crippen molar-refractivity contribution in [2.75, 3.05) is 31.1 Å². The molecule has 0 spiro atoms. The highest BCUT2D eigenvalue weighted by Gasteiger charge is 2.11. The molecular formula is C14H18N6O. The van der Waals surface area contributed by atoms with Crippen LogP contribution in [0.3, 0.4) is 0 Å². The lowest BCUT2D eigenvalue weighted by molar-refractivity contribution is 0.711. The third-order valence-electron chi connectivity index (χ3n) is 3.48. The maximum Gasteiger partial charge on any atom is 0.253 e. The second kappa shape index (κ2) is 6.45. The van der Waals surface area contributed by atoms with Gasteiger partial charge in [-0.1, -0.05) is 0 Å². The van der Waals surface area contributed by atoms with Crippen LogP contribution in [0.4, 0.5) is 5.82 Å². The van der Waals surface area contributed by atoms with Crippen molar-refractivity contribution >= 4 is 5.82 Å². The van der Waals surface area contributed by atoms with Crippen LogP contribution in [-0.4, -0.2) is 45.7 Å². The van der Waals surface area contributed by atoms with Crippen LogP contribution in [0, 0.1) is 0 Å². The molecule has 0 amide bonds. The highest BCUT2D eigenvalue weighted by molar-refractivity contribution is 5.36. The number of aromatic nitrogens is 4. The summed E-state index contributed by atoms with van der Waals surface area (Å²) in [5.74, 6) is 0.890. The third kappa shape index (κ3) is 3.43. The summed E-state index contributed by atoms with van der Waals surface area (Å²) in [6.45, 7) is 4.33. The zero-order valence-electron chi connectivity index (χ0n) is 11.8. The molecule has 3 rings (SSSR count). The monoisotopic (exact) mass is 286 g/mol. The number of hydrogen-bond donors (Lipinski definition) is 1.